The average molecular weight is 238 g/mol. The van der Waals surface area contributed by atoms with Gasteiger partial charge in [-0.25, -0.2) is 4.98 Å². The van der Waals surface area contributed by atoms with Crippen LogP contribution in [0.25, 0.3) is 0 Å². The van der Waals surface area contributed by atoms with Crippen molar-refractivity contribution in [3.63, 3.8) is 0 Å². The lowest BCUT2D eigenvalue weighted by molar-refractivity contribution is 0.361. The molecule has 0 amide bonds. The predicted molar refractivity (Wildman–Crippen MR) is 74.1 cm³/mol. The molecule has 0 aliphatic heterocycles. The zero-order valence-electron chi connectivity index (χ0n) is 10.9. The molecule has 0 spiro atoms. The van der Waals surface area contributed by atoms with Crippen molar-refractivity contribution < 1.29 is 0 Å². The molecule has 0 unspecified atom stereocenters. The van der Waals surface area contributed by atoms with E-state index < -0.39 is 0 Å². The Hall–Kier alpha value is -2.01. The summed E-state index contributed by atoms with van der Waals surface area (Å²) in [7, 11) is 0. The maximum Gasteiger partial charge on any atom is 0.113 e. The summed E-state index contributed by atoms with van der Waals surface area (Å²) in [6.45, 7) is 4.35. The highest BCUT2D eigenvalue weighted by atomic mass is 15.0. The fourth-order valence-electron chi connectivity index (χ4n) is 2.09. The Morgan fingerprint density at radius 2 is 1.83 bits per heavy atom. The lowest BCUT2D eigenvalue weighted by atomic mass is 9.93. The van der Waals surface area contributed by atoms with Gasteiger partial charge in [-0.2, -0.15) is 0 Å². The second-order valence-corrected chi connectivity index (χ2v) is 4.29. The topological polar surface area (TPSA) is 17.8 Å². The molecule has 0 aliphatic rings. The van der Waals surface area contributed by atoms with Crippen molar-refractivity contribution in [2.45, 2.75) is 32.2 Å². The molecule has 0 aromatic carbocycles. The van der Waals surface area contributed by atoms with Gasteiger partial charge in [0, 0.05) is 18.6 Å². The summed E-state index contributed by atoms with van der Waals surface area (Å²) in [6.07, 6.45) is 7.91. The number of pyridine rings is 1. The summed E-state index contributed by atoms with van der Waals surface area (Å²) in [5.41, 5.74) is 0.706. The molecular formula is C16H18N2. The van der Waals surface area contributed by atoms with Crippen LogP contribution in [0.3, 0.4) is 0 Å². The van der Waals surface area contributed by atoms with Crippen LogP contribution in [-0.4, -0.2) is 9.55 Å². The number of aromatic nitrogens is 2. The summed E-state index contributed by atoms with van der Waals surface area (Å²) in [5, 5.41) is 0. The van der Waals surface area contributed by atoms with Gasteiger partial charge in [-0.05, 0) is 43.0 Å². The summed E-state index contributed by atoms with van der Waals surface area (Å²) in [5.74, 6) is 6.60. The molecular weight excluding hydrogens is 220 g/mol. The largest absolute Gasteiger partial charge is 0.338 e. The monoisotopic (exact) mass is 238 g/mol. The van der Waals surface area contributed by atoms with E-state index >= 15 is 0 Å². The van der Waals surface area contributed by atoms with Gasteiger partial charge in [0.05, 0.1) is 0 Å². The van der Waals surface area contributed by atoms with E-state index in [2.05, 4.69) is 47.6 Å². The summed E-state index contributed by atoms with van der Waals surface area (Å²) >= 11 is 0. The molecule has 0 fully saturated rings. The molecule has 2 aromatic heterocycles. The maximum atomic E-state index is 4.25. The van der Waals surface area contributed by atoms with Crippen molar-refractivity contribution in [1.29, 1.82) is 0 Å². The van der Waals surface area contributed by atoms with E-state index in [0.29, 0.717) is 0 Å². The molecule has 2 nitrogen and oxygen atoms in total. The van der Waals surface area contributed by atoms with Crippen LogP contribution >= 0.6 is 0 Å². The second-order valence-electron chi connectivity index (χ2n) is 4.29. The number of hydrogen-bond acceptors (Lipinski definition) is 1. The Labute approximate surface area is 109 Å². The van der Waals surface area contributed by atoms with Crippen molar-refractivity contribution >= 4 is 0 Å². The van der Waals surface area contributed by atoms with Gasteiger partial charge in [0.15, 0.2) is 0 Å². The van der Waals surface area contributed by atoms with Crippen LogP contribution in [0.4, 0.5) is 0 Å². The molecule has 0 saturated heterocycles. The van der Waals surface area contributed by atoms with E-state index in [9.17, 15) is 0 Å². The molecule has 2 heterocycles. The minimum absolute atomic E-state index is 0.124. The van der Waals surface area contributed by atoms with Crippen LogP contribution in [-0.2, 0) is 5.54 Å². The SMILES string of the molecule is CCC(C#Cc1ccccn1)(CC)n1cccc1. The number of nitrogens with zero attached hydrogens (tertiary/aromatic N) is 2. The van der Waals surface area contributed by atoms with Gasteiger partial charge in [-0.1, -0.05) is 25.8 Å². The van der Waals surface area contributed by atoms with Gasteiger partial charge in [-0.15, -0.1) is 0 Å². The Morgan fingerprint density at radius 3 is 2.39 bits per heavy atom. The van der Waals surface area contributed by atoms with E-state index in [4.69, 9.17) is 0 Å². The van der Waals surface area contributed by atoms with E-state index in [1.54, 1.807) is 6.20 Å². The smallest absolute Gasteiger partial charge is 0.113 e. The van der Waals surface area contributed by atoms with Gasteiger partial charge < -0.3 is 4.57 Å². The van der Waals surface area contributed by atoms with Gasteiger partial charge >= 0.3 is 0 Å². The first-order valence-electron chi connectivity index (χ1n) is 6.38. The van der Waals surface area contributed by atoms with Crippen LogP contribution in [0.15, 0.2) is 48.9 Å². The fourth-order valence-corrected chi connectivity index (χ4v) is 2.09. The van der Waals surface area contributed by atoms with E-state index in [1.807, 2.05) is 30.3 Å². The van der Waals surface area contributed by atoms with Gasteiger partial charge in [0.2, 0.25) is 0 Å². The average Bonchev–Trinajstić information content (AvgIpc) is 2.96. The highest BCUT2D eigenvalue weighted by molar-refractivity contribution is 5.31. The normalized spacial score (nSPS) is 10.8. The highest BCUT2D eigenvalue weighted by Crippen LogP contribution is 2.24. The molecule has 18 heavy (non-hydrogen) atoms. The molecule has 0 atom stereocenters. The molecule has 2 rings (SSSR count). The molecule has 92 valence electrons. The van der Waals surface area contributed by atoms with E-state index in [1.165, 1.54) is 0 Å². The van der Waals surface area contributed by atoms with E-state index in [0.717, 1.165) is 18.5 Å². The molecule has 0 bridgehead atoms. The lowest BCUT2D eigenvalue weighted by Gasteiger charge is -2.28. The van der Waals surface area contributed by atoms with Crippen molar-refractivity contribution in [3.8, 4) is 11.8 Å². The minimum atomic E-state index is -0.124. The zero-order valence-corrected chi connectivity index (χ0v) is 10.9. The summed E-state index contributed by atoms with van der Waals surface area (Å²) in [4.78, 5) is 4.25. The first-order chi connectivity index (χ1) is 8.80. The minimum Gasteiger partial charge on any atom is -0.338 e. The van der Waals surface area contributed by atoms with Gasteiger partial charge in [0.1, 0.15) is 11.2 Å². The third-order valence-corrected chi connectivity index (χ3v) is 3.36. The van der Waals surface area contributed by atoms with Crippen molar-refractivity contribution in [3.05, 3.63) is 54.6 Å². The van der Waals surface area contributed by atoms with Gasteiger partial charge in [-0.3, -0.25) is 0 Å². The first-order valence-corrected chi connectivity index (χ1v) is 6.38. The molecule has 0 radical (unpaired) electrons. The predicted octanol–water partition coefficient (Wildman–Crippen LogP) is 3.45. The Bertz CT molecular complexity index is 525. The lowest BCUT2D eigenvalue weighted by Crippen LogP contribution is -2.29. The summed E-state index contributed by atoms with van der Waals surface area (Å²) < 4.78 is 2.20. The van der Waals surface area contributed by atoms with Crippen LogP contribution in [0.2, 0.25) is 0 Å². The number of hydrogen-bond donors (Lipinski definition) is 0. The second kappa shape index (κ2) is 5.55. The Morgan fingerprint density at radius 1 is 1.11 bits per heavy atom. The third-order valence-electron chi connectivity index (χ3n) is 3.36. The standard InChI is InChI=1S/C16H18N2/c1-3-16(4-2,18-13-7-8-14-18)11-10-15-9-5-6-12-17-15/h5-9,12-14H,3-4H2,1-2H3. The quantitative estimate of drug-likeness (QED) is 0.749. The van der Waals surface area contributed by atoms with Crippen molar-refractivity contribution in [2.75, 3.05) is 0 Å². The highest BCUT2D eigenvalue weighted by Gasteiger charge is 2.24. The maximum absolute atomic E-state index is 4.25. The molecule has 2 aromatic rings. The molecule has 0 aliphatic carbocycles. The fraction of sp³-hybridized carbons (Fsp3) is 0.312. The van der Waals surface area contributed by atoms with Crippen molar-refractivity contribution in [2.24, 2.45) is 0 Å². The van der Waals surface area contributed by atoms with Crippen LogP contribution < -0.4 is 0 Å². The third kappa shape index (κ3) is 2.46. The van der Waals surface area contributed by atoms with E-state index in [-0.39, 0.29) is 5.54 Å². The number of rotatable bonds is 3. The Kier molecular flexibility index (Phi) is 3.84. The van der Waals surface area contributed by atoms with Crippen molar-refractivity contribution in [1.82, 2.24) is 9.55 Å². The zero-order chi connectivity index (χ0) is 12.8. The van der Waals surface area contributed by atoms with Gasteiger partial charge in [0.25, 0.3) is 0 Å². The van der Waals surface area contributed by atoms with Crippen LogP contribution in [0.5, 0.6) is 0 Å². The molecule has 0 N–H and O–H groups in total. The Balaban J connectivity index is 2.36. The summed E-state index contributed by atoms with van der Waals surface area (Å²) in [6, 6.07) is 9.90. The van der Waals surface area contributed by atoms with Crippen LogP contribution in [0, 0.1) is 11.8 Å². The molecule has 2 heteroatoms. The molecule has 0 saturated carbocycles. The first kappa shape index (κ1) is 12.4. The van der Waals surface area contributed by atoms with Crippen LogP contribution in [0.1, 0.15) is 32.4 Å².